The molecule has 4 aromatic rings. The Morgan fingerprint density at radius 2 is 0.771 bits per heavy atom. The van der Waals surface area contributed by atoms with Crippen LogP contribution in [0.15, 0.2) is 106 Å². The van der Waals surface area contributed by atoms with Gasteiger partial charge in [-0.15, -0.1) is 0 Å². The molecule has 0 aromatic heterocycles. The molecule has 0 spiro atoms. The highest BCUT2D eigenvalue weighted by atomic mass is 79.9. The summed E-state index contributed by atoms with van der Waals surface area (Å²) >= 11 is 7.17. The Labute approximate surface area is 226 Å². The summed E-state index contributed by atoms with van der Waals surface area (Å²) in [5.74, 6) is 0. The van der Waals surface area contributed by atoms with Crippen LogP contribution in [0.1, 0.15) is 72.3 Å². The number of aryl methyl sites for hydroxylation is 2. The van der Waals surface area contributed by atoms with E-state index in [4.69, 9.17) is 4.74 Å². The third kappa shape index (κ3) is 6.94. The Kier molecular flexibility index (Phi) is 9.37. The molecule has 0 bridgehead atoms. The van der Waals surface area contributed by atoms with Crippen molar-refractivity contribution in [2.24, 2.45) is 0 Å². The van der Waals surface area contributed by atoms with Gasteiger partial charge in [-0.25, -0.2) is 0 Å². The first-order valence-electron chi connectivity index (χ1n) is 12.4. The van der Waals surface area contributed by atoms with E-state index in [0.717, 1.165) is 56.9 Å². The summed E-state index contributed by atoms with van der Waals surface area (Å²) < 4.78 is 9.17. The van der Waals surface area contributed by atoms with Crippen molar-refractivity contribution >= 4 is 31.9 Å². The van der Waals surface area contributed by atoms with Gasteiger partial charge < -0.3 is 4.74 Å². The quantitative estimate of drug-likeness (QED) is 0.178. The van der Waals surface area contributed by atoms with E-state index < -0.39 is 0 Å². The maximum atomic E-state index is 7.04. The van der Waals surface area contributed by atoms with E-state index in [1.807, 2.05) is 0 Å². The second-order valence-electron chi connectivity index (χ2n) is 8.98. The number of hydrogen-bond acceptors (Lipinski definition) is 1. The van der Waals surface area contributed by atoms with Crippen molar-refractivity contribution in [2.75, 3.05) is 0 Å². The van der Waals surface area contributed by atoms with Crippen molar-refractivity contribution in [3.63, 3.8) is 0 Å². The molecule has 0 aliphatic rings. The highest BCUT2D eigenvalue weighted by Crippen LogP contribution is 2.37. The lowest BCUT2D eigenvalue weighted by Crippen LogP contribution is -2.13. The van der Waals surface area contributed by atoms with Gasteiger partial charge in [0.15, 0.2) is 0 Å². The average Bonchev–Trinajstić information content (AvgIpc) is 2.88. The molecule has 2 unspecified atom stereocenters. The number of hydrogen-bond donors (Lipinski definition) is 0. The third-order valence-corrected chi connectivity index (χ3v) is 7.32. The molecule has 0 fully saturated rings. The van der Waals surface area contributed by atoms with Crippen LogP contribution in [-0.4, -0.2) is 0 Å². The van der Waals surface area contributed by atoms with Crippen LogP contribution in [0.25, 0.3) is 0 Å². The van der Waals surface area contributed by atoms with Gasteiger partial charge in [0.25, 0.3) is 0 Å². The molecule has 0 N–H and O–H groups in total. The van der Waals surface area contributed by atoms with Crippen molar-refractivity contribution in [3.05, 3.63) is 139 Å². The zero-order valence-corrected chi connectivity index (χ0v) is 23.6. The van der Waals surface area contributed by atoms with Crippen LogP contribution in [0.4, 0.5) is 0 Å². The first kappa shape index (κ1) is 25.9. The molecule has 0 saturated heterocycles. The van der Waals surface area contributed by atoms with Crippen LogP contribution >= 0.6 is 31.9 Å². The Morgan fingerprint density at radius 1 is 0.486 bits per heavy atom. The molecule has 0 radical (unpaired) electrons. The first-order valence-corrected chi connectivity index (χ1v) is 14.0. The molecule has 35 heavy (non-hydrogen) atoms. The van der Waals surface area contributed by atoms with Crippen molar-refractivity contribution in [2.45, 2.75) is 51.7 Å². The van der Waals surface area contributed by atoms with Crippen LogP contribution in [0.3, 0.4) is 0 Å². The SMILES string of the molecule is CCCc1ccc(C(OC(c2ccc(Br)cc2)c2ccc(CCC)cc2)c2ccc(Br)cc2)cc1. The molecule has 4 rings (SSSR count). The fraction of sp³-hybridized carbons (Fsp3) is 0.250. The second-order valence-corrected chi connectivity index (χ2v) is 10.8. The number of halogens is 2. The summed E-state index contributed by atoms with van der Waals surface area (Å²) in [5, 5.41) is 0. The van der Waals surface area contributed by atoms with Crippen LogP contribution in [0.5, 0.6) is 0 Å². The zero-order chi connectivity index (χ0) is 24.6. The Morgan fingerprint density at radius 3 is 1.06 bits per heavy atom. The predicted octanol–water partition coefficient (Wildman–Crippen LogP) is 10.0. The lowest BCUT2D eigenvalue weighted by Gasteiger charge is -2.27. The topological polar surface area (TPSA) is 9.23 Å². The first-order chi connectivity index (χ1) is 17.1. The maximum absolute atomic E-state index is 7.04. The molecular formula is C32H32Br2O. The number of benzene rings is 4. The molecule has 0 amide bonds. The third-order valence-electron chi connectivity index (χ3n) is 6.26. The van der Waals surface area contributed by atoms with E-state index in [0.29, 0.717) is 0 Å². The molecule has 0 saturated carbocycles. The van der Waals surface area contributed by atoms with Crippen LogP contribution in [-0.2, 0) is 17.6 Å². The summed E-state index contributed by atoms with van der Waals surface area (Å²) in [4.78, 5) is 0. The molecule has 0 aliphatic heterocycles. The van der Waals surface area contributed by atoms with Crippen molar-refractivity contribution in [1.82, 2.24) is 0 Å². The molecule has 2 atom stereocenters. The monoisotopic (exact) mass is 590 g/mol. The van der Waals surface area contributed by atoms with Gasteiger partial charge in [0.2, 0.25) is 0 Å². The Hall–Kier alpha value is -2.20. The maximum Gasteiger partial charge on any atom is 0.109 e. The molecule has 4 aromatic carbocycles. The van der Waals surface area contributed by atoms with Crippen LogP contribution in [0.2, 0.25) is 0 Å². The van der Waals surface area contributed by atoms with Gasteiger partial charge in [-0.1, -0.05) is 131 Å². The van der Waals surface area contributed by atoms with E-state index in [2.05, 4.69) is 143 Å². The fourth-order valence-corrected chi connectivity index (χ4v) is 4.93. The van der Waals surface area contributed by atoms with Gasteiger partial charge in [-0.3, -0.25) is 0 Å². The van der Waals surface area contributed by atoms with Crippen molar-refractivity contribution in [1.29, 1.82) is 0 Å². The van der Waals surface area contributed by atoms with Crippen LogP contribution < -0.4 is 0 Å². The average molecular weight is 592 g/mol. The number of rotatable bonds is 10. The highest BCUT2D eigenvalue weighted by molar-refractivity contribution is 9.10. The van der Waals surface area contributed by atoms with Gasteiger partial charge in [-0.05, 0) is 70.5 Å². The Balaban J connectivity index is 1.75. The van der Waals surface area contributed by atoms with Gasteiger partial charge in [0.05, 0.1) is 0 Å². The molecule has 3 heteroatoms. The van der Waals surface area contributed by atoms with Gasteiger partial charge >= 0.3 is 0 Å². The van der Waals surface area contributed by atoms with Gasteiger partial charge in [0.1, 0.15) is 12.2 Å². The molecular weight excluding hydrogens is 560 g/mol. The van der Waals surface area contributed by atoms with E-state index in [9.17, 15) is 0 Å². The van der Waals surface area contributed by atoms with Crippen molar-refractivity contribution < 1.29 is 4.74 Å². The predicted molar refractivity (Wildman–Crippen MR) is 154 cm³/mol. The second kappa shape index (κ2) is 12.7. The van der Waals surface area contributed by atoms with E-state index >= 15 is 0 Å². The van der Waals surface area contributed by atoms with E-state index in [-0.39, 0.29) is 12.2 Å². The zero-order valence-electron chi connectivity index (χ0n) is 20.4. The summed E-state index contributed by atoms with van der Waals surface area (Å²) in [5.41, 5.74) is 7.33. The smallest absolute Gasteiger partial charge is 0.109 e. The minimum absolute atomic E-state index is 0.192. The lowest BCUT2D eigenvalue weighted by molar-refractivity contribution is 0.0308. The fourth-order valence-electron chi connectivity index (χ4n) is 4.41. The Bertz CT molecular complexity index is 1080. The van der Waals surface area contributed by atoms with Gasteiger partial charge in [-0.2, -0.15) is 0 Å². The largest absolute Gasteiger partial charge is 0.356 e. The van der Waals surface area contributed by atoms with E-state index in [1.165, 1.54) is 11.1 Å². The summed E-state index contributed by atoms with van der Waals surface area (Å²) in [6, 6.07) is 34.8. The molecule has 180 valence electrons. The summed E-state index contributed by atoms with van der Waals surface area (Å²) in [6.45, 7) is 4.44. The van der Waals surface area contributed by atoms with Crippen LogP contribution in [0, 0.1) is 0 Å². The van der Waals surface area contributed by atoms with Gasteiger partial charge in [0, 0.05) is 8.95 Å². The van der Waals surface area contributed by atoms with E-state index in [1.54, 1.807) is 0 Å². The molecule has 1 nitrogen and oxygen atoms in total. The summed E-state index contributed by atoms with van der Waals surface area (Å²) in [7, 11) is 0. The number of ether oxygens (including phenoxy) is 1. The standard InChI is InChI=1S/C32H32Br2O/c1-3-5-23-7-11-25(12-8-23)31(27-15-19-29(33)20-16-27)35-32(28-17-21-30(34)22-18-28)26-13-9-24(6-4-2)10-14-26/h7-22,31-32H,3-6H2,1-2H3. The normalized spacial score (nSPS) is 12.9. The molecule has 0 aliphatic carbocycles. The molecule has 0 heterocycles. The lowest BCUT2D eigenvalue weighted by atomic mass is 9.96. The summed E-state index contributed by atoms with van der Waals surface area (Å²) in [6.07, 6.45) is 4.09. The minimum Gasteiger partial charge on any atom is -0.356 e. The van der Waals surface area contributed by atoms with Crippen molar-refractivity contribution in [3.8, 4) is 0 Å². The highest BCUT2D eigenvalue weighted by Gasteiger charge is 2.23. The minimum atomic E-state index is -0.192.